The molecule has 0 bridgehead atoms. The molecule has 2 aliphatic heterocycles. The number of carbonyl (C=O) groups is 1. The molecule has 1 N–H and O–H groups in total. The highest BCUT2D eigenvalue weighted by molar-refractivity contribution is 5.90. The molecule has 1 aromatic heterocycles. The van der Waals surface area contributed by atoms with E-state index in [4.69, 9.17) is 0 Å². The van der Waals surface area contributed by atoms with Crippen molar-refractivity contribution in [2.45, 2.75) is 57.3 Å². The van der Waals surface area contributed by atoms with Gasteiger partial charge in [0.25, 0.3) is 0 Å². The molecular formula is C34H40F3N5O. The van der Waals surface area contributed by atoms with Crippen LogP contribution in [0.4, 0.5) is 24.5 Å². The van der Waals surface area contributed by atoms with Crippen molar-refractivity contribution in [3.05, 3.63) is 89.2 Å². The minimum absolute atomic E-state index is 0.0513. The molecule has 3 aromatic rings. The van der Waals surface area contributed by atoms with Crippen LogP contribution in [-0.2, 0) is 30.4 Å². The SMILES string of the molecule is O=C(CC[C@@H]1CN(Cc2cccnc2)CC[C@@H]1N1CCN(c2cccc(C(F)(F)F)c2)CC1)Nc1ccc2c(c1)CCC2. The number of halogens is 3. The highest BCUT2D eigenvalue weighted by atomic mass is 19.4. The van der Waals surface area contributed by atoms with Crippen LogP contribution in [0.5, 0.6) is 0 Å². The summed E-state index contributed by atoms with van der Waals surface area (Å²) in [6.45, 7) is 5.65. The van der Waals surface area contributed by atoms with Gasteiger partial charge >= 0.3 is 6.18 Å². The predicted molar refractivity (Wildman–Crippen MR) is 163 cm³/mol. The minimum atomic E-state index is -4.35. The number of alkyl halides is 3. The van der Waals surface area contributed by atoms with Gasteiger partial charge in [0.2, 0.25) is 5.91 Å². The quantitative estimate of drug-likeness (QED) is 0.347. The number of piperazine rings is 1. The number of carbonyl (C=O) groups excluding carboxylic acids is 1. The van der Waals surface area contributed by atoms with Crippen molar-refractivity contribution in [1.82, 2.24) is 14.8 Å². The van der Waals surface area contributed by atoms with Crippen LogP contribution in [0.1, 0.15) is 47.9 Å². The Labute approximate surface area is 251 Å². The molecule has 6 nitrogen and oxygen atoms in total. The van der Waals surface area contributed by atoms with E-state index in [1.165, 1.54) is 35.2 Å². The number of piperidine rings is 1. The first-order valence-corrected chi connectivity index (χ1v) is 15.5. The summed E-state index contributed by atoms with van der Waals surface area (Å²) in [5, 5.41) is 3.13. The highest BCUT2D eigenvalue weighted by Crippen LogP contribution is 2.33. The van der Waals surface area contributed by atoms with Crippen molar-refractivity contribution in [1.29, 1.82) is 0 Å². The fourth-order valence-corrected chi connectivity index (χ4v) is 7.13. The molecule has 1 amide bonds. The third-order valence-electron chi connectivity index (χ3n) is 9.35. The Balaban J connectivity index is 1.09. The molecular weight excluding hydrogens is 551 g/mol. The molecule has 0 spiro atoms. The number of aromatic nitrogens is 1. The van der Waals surface area contributed by atoms with Gasteiger partial charge in [-0.3, -0.25) is 19.6 Å². The maximum atomic E-state index is 13.3. The summed E-state index contributed by atoms with van der Waals surface area (Å²) in [5.74, 6) is 0.367. The fraction of sp³-hybridized carbons (Fsp3) is 0.471. The van der Waals surface area contributed by atoms with E-state index in [0.717, 1.165) is 70.2 Å². The molecule has 2 saturated heterocycles. The van der Waals surface area contributed by atoms with Gasteiger partial charge in [0.15, 0.2) is 0 Å². The van der Waals surface area contributed by atoms with Crippen LogP contribution in [-0.4, -0.2) is 66.0 Å². The van der Waals surface area contributed by atoms with Crippen molar-refractivity contribution >= 4 is 17.3 Å². The second-order valence-corrected chi connectivity index (χ2v) is 12.2. The van der Waals surface area contributed by atoms with Gasteiger partial charge < -0.3 is 10.2 Å². The number of fused-ring (bicyclic) bond motifs is 1. The molecule has 2 atom stereocenters. The summed E-state index contributed by atoms with van der Waals surface area (Å²) in [5.41, 5.74) is 4.83. The Morgan fingerprint density at radius 2 is 1.79 bits per heavy atom. The fourth-order valence-electron chi connectivity index (χ4n) is 7.13. The number of aryl methyl sites for hydroxylation is 2. The molecule has 0 unspecified atom stereocenters. The van der Waals surface area contributed by atoms with Crippen LogP contribution in [0.15, 0.2) is 67.0 Å². The van der Waals surface area contributed by atoms with E-state index in [0.29, 0.717) is 37.2 Å². The van der Waals surface area contributed by atoms with Crippen molar-refractivity contribution in [2.24, 2.45) is 5.92 Å². The van der Waals surface area contributed by atoms with Gasteiger partial charge in [-0.25, -0.2) is 0 Å². The summed E-state index contributed by atoms with van der Waals surface area (Å²) in [6.07, 6.45) is 4.99. The minimum Gasteiger partial charge on any atom is -0.369 e. The molecule has 43 heavy (non-hydrogen) atoms. The molecule has 9 heteroatoms. The van der Waals surface area contributed by atoms with Gasteiger partial charge in [0.1, 0.15) is 0 Å². The molecule has 6 rings (SSSR count). The number of anilines is 2. The number of rotatable bonds is 8. The Morgan fingerprint density at radius 1 is 0.953 bits per heavy atom. The normalized spacial score (nSPS) is 21.5. The lowest BCUT2D eigenvalue weighted by molar-refractivity contribution is -0.137. The Bertz CT molecular complexity index is 1390. The lowest BCUT2D eigenvalue weighted by Gasteiger charge is -2.47. The Kier molecular flexibility index (Phi) is 9.00. The van der Waals surface area contributed by atoms with Gasteiger partial charge in [-0.1, -0.05) is 18.2 Å². The molecule has 2 fully saturated rings. The molecule has 3 heterocycles. The van der Waals surface area contributed by atoms with E-state index in [2.05, 4.69) is 43.2 Å². The maximum absolute atomic E-state index is 13.3. The van der Waals surface area contributed by atoms with Crippen LogP contribution >= 0.6 is 0 Å². The van der Waals surface area contributed by atoms with Gasteiger partial charge in [-0.05, 0) is 97.7 Å². The van der Waals surface area contributed by atoms with Crippen LogP contribution in [0.3, 0.4) is 0 Å². The molecule has 1 aliphatic carbocycles. The molecule has 3 aliphatic rings. The summed E-state index contributed by atoms with van der Waals surface area (Å²) < 4.78 is 39.9. The second-order valence-electron chi connectivity index (χ2n) is 12.2. The van der Waals surface area contributed by atoms with Gasteiger partial charge in [-0.15, -0.1) is 0 Å². The standard InChI is InChI=1S/C34H40F3N5O/c35-34(36,37)29-7-2-8-31(21-29)41-16-18-42(19-17-41)32-13-15-40(23-25-4-3-14-38-22-25)24-28(32)10-12-33(43)39-30-11-9-26-5-1-6-27(26)20-30/h2-4,7-9,11,14,20-22,28,32H,1,5-6,10,12-13,15-19,23-24H2,(H,39,43)/t28-,32+/m1/s1. The number of amides is 1. The van der Waals surface area contributed by atoms with Crippen LogP contribution in [0, 0.1) is 5.92 Å². The van der Waals surface area contributed by atoms with Crippen LogP contribution < -0.4 is 10.2 Å². The first-order valence-electron chi connectivity index (χ1n) is 15.5. The van der Waals surface area contributed by atoms with E-state index < -0.39 is 11.7 Å². The lowest BCUT2D eigenvalue weighted by Crippen LogP contribution is -2.56. The lowest BCUT2D eigenvalue weighted by atomic mass is 9.86. The number of hydrogen-bond donors (Lipinski definition) is 1. The van der Waals surface area contributed by atoms with E-state index in [1.54, 1.807) is 12.3 Å². The van der Waals surface area contributed by atoms with Gasteiger partial charge in [-0.2, -0.15) is 13.2 Å². The average molecular weight is 592 g/mol. The van der Waals surface area contributed by atoms with Gasteiger partial charge in [0.05, 0.1) is 5.56 Å². The molecule has 0 radical (unpaired) electrons. The summed E-state index contributed by atoms with van der Waals surface area (Å²) in [7, 11) is 0. The van der Waals surface area contributed by atoms with Crippen LogP contribution in [0.2, 0.25) is 0 Å². The topological polar surface area (TPSA) is 51.7 Å². The number of hydrogen-bond acceptors (Lipinski definition) is 5. The molecule has 228 valence electrons. The van der Waals surface area contributed by atoms with E-state index in [1.807, 2.05) is 18.3 Å². The maximum Gasteiger partial charge on any atom is 0.416 e. The van der Waals surface area contributed by atoms with E-state index in [-0.39, 0.29) is 5.91 Å². The Hall–Kier alpha value is -3.43. The average Bonchev–Trinajstić information content (AvgIpc) is 3.49. The Morgan fingerprint density at radius 3 is 2.58 bits per heavy atom. The molecule has 2 aromatic carbocycles. The summed E-state index contributed by atoms with van der Waals surface area (Å²) >= 11 is 0. The summed E-state index contributed by atoms with van der Waals surface area (Å²) in [4.78, 5) is 24.4. The van der Waals surface area contributed by atoms with Crippen molar-refractivity contribution in [3.63, 3.8) is 0 Å². The highest BCUT2D eigenvalue weighted by Gasteiger charge is 2.36. The van der Waals surface area contributed by atoms with Crippen molar-refractivity contribution in [3.8, 4) is 0 Å². The number of nitrogens with zero attached hydrogens (tertiary/aromatic N) is 4. The first kappa shape index (κ1) is 29.6. The number of benzene rings is 2. The van der Waals surface area contributed by atoms with E-state index in [9.17, 15) is 18.0 Å². The third-order valence-corrected chi connectivity index (χ3v) is 9.35. The monoisotopic (exact) mass is 591 g/mol. The smallest absolute Gasteiger partial charge is 0.369 e. The third kappa shape index (κ3) is 7.39. The summed E-state index contributed by atoms with van der Waals surface area (Å²) in [6, 6.07) is 16.3. The van der Waals surface area contributed by atoms with Crippen LogP contribution in [0.25, 0.3) is 0 Å². The predicted octanol–water partition coefficient (Wildman–Crippen LogP) is 6.02. The zero-order chi connectivity index (χ0) is 29.8. The zero-order valence-electron chi connectivity index (χ0n) is 24.5. The zero-order valence-corrected chi connectivity index (χ0v) is 24.5. The van der Waals surface area contributed by atoms with Crippen molar-refractivity contribution < 1.29 is 18.0 Å². The van der Waals surface area contributed by atoms with Crippen molar-refractivity contribution in [2.75, 3.05) is 49.5 Å². The second kappa shape index (κ2) is 13.1. The molecule has 0 saturated carbocycles. The van der Waals surface area contributed by atoms with Gasteiger partial charge in [0, 0.05) is 75.5 Å². The first-order chi connectivity index (χ1) is 20.8. The van der Waals surface area contributed by atoms with E-state index >= 15 is 0 Å². The number of pyridine rings is 1. The number of likely N-dealkylation sites (tertiary alicyclic amines) is 1. The largest absolute Gasteiger partial charge is 0.416 e. The number of nitrogens with one attached hydrogen (secondary N) is 1.